The van der Waals surface area contributed by atoms with Crippen LogP contribution in [-0.4, -0.2) is 17.9 Å². The van der Waals surface area contributed by atoms with Crippen LogP contribution in [0.25, 0.3) is 0 Å². The van der Waals surface area contributed by atoms with E-state index in [0.29, 0.717) is 11.4 Å². The molecule has 2 aromatic rings. The van der Waals surface area contributed by atoms with Gasteiger partial charge in [0.2, 0.25) is 0 Å². The molecule has 0 heterocycles. The average molecular weight is 312 g/mol. The van der Waals surface area contributed by atoms with Crippen molar-refractivity contribution in [2.45, 2.75) is 26.5 Å². The van der Waals surface area contributed by atoms with Crippen molar-refractivity contribution in [2.75, 3.05) is 5.32 Å². The highest BCUT2D eigenvalue weighted by molar-refractivity contribution is 6.39. The van der Waals surface area contributed by atoms with Gasteiger partial charge in [0.15, 0.2) is 0 Å². The highest BCUT2D eigenvalue weighted by Gasteiger charge is 2.14. The van der Waals surface area contributed by atoms with Gasteiger partial charge in [0, 0.05) is 17.8 Å². The predicted octanol–water partition coefficient (Wildman–Crippen LogP) is 2.73. The minimum atomic E-state index is -0.696. The van der Waals surface area contributed by atoms with Gasteiger partial charge < -0.3 is 15.4 Å². The van der Waals surface area contributed by atoms with Crippen molar-refractivity contribution in [3.05, 3.63) is 60.2 Å². The molecule has 5 nitrogen and oxygen atoms in total. The summed E-state index contributed by atoms with van der Waals surface area (Å²) in [4.78, 5) is 23.7. The maximum atomic E-state index is 11.9. The number of para-hydroxylation sites is 2. The summed E-state index contributed by atoms with van der Waals surface area (Å²) in [5.41, 5.74) is 1.40. The molecule has 0 saturated heterocycles. The second-order valence-corrected chi connectivity index (χ2v) is 5.28. The van der Waals surface area contributed by atoms with E-state index in [1.807, 2.05) is 44.2 Å². The molecule has 5 heteroatoms. The number of carbonyl (C=O) groups is 2. The fourth-order valence-electron chi connectivity index (χ4n) is 1.98. The van der Waals surface area contributed by atoms with E-state index in [1.54, 1.807) is 24.3 Å². The Morgan fingerprint density at radius 1 is 0.957 bits per heavy atom. The third kappa shape index (κ3) is 5.14. The van der Waals surface area contributed by atoms with E-state index in [2.05, 4.69) is 10.6 Å². The Labute approximate surface area is 135 Å². The maximum absolute atomic E-state index is 11.9. The summed E-state index contributed by atoms with van der Waals surface area (Å²) in [6.45, 7) is 4.09. The smallest absolute Gasteiger partial charge is 0.313 e. The number of rotatable bonds is 5. The van der Waals surface area contributed by atoms with Crippen molar-refractivity contribution in [1.82, 2.24) is 5.32 Å². The van der Waals surface area contributed by atoms with Gasteiger partial charge in [-0.25, -0.2) is 0 Å². The van der Waals surface area contributed by atoms with Gasteiger partial charge in [-0.15, -0.1) is 0 Å². The van der Waals surface area contributed by atoms with Crippen LogP contribution in [0.3, 0.4) is 0 Å². The molecule has 2 rings (SSSR count). The molecular weight excluding hydrogens is 292 g/mol. The molecule has 0 aliphatic carbocycles. The molecular formula is C18H20N2O3. The molecule has 2 N–H and O–H groups in total. The molecule has 0 fully saturated rings. The molecule has 0 radical (unpaired) electrons. The van der Waals surface area contributed by atoms with Crippen LogP contribution in [-0.2, 0) is 16.1 Å². The third-order valence-corrected chi connectivity index (χ3v) is 3.01. The number of amides is 2. The molecule has 0 aromatic heterocycles. The van der Waals surface area contributed by atoms with Gasteiger partial charge in [-0.05, 0) is 32.0 Å². The van der Waals surface area contributed by atoms with Crippen molar-refractivity contribution < 1.29 is 14.3 Å². The minimum absolute atomic E-state index is 0.0354. The Bertz CT molecular complexity index is 669. The van der Waals surface area contributed by atoms with E-state index in [-0.39, 0.29) is 12.6 Å². The van der Waals surface area contributed by atoms with Crippen LogP contribution in [0.2, 0.25) is 0 Å². The molecule has 2 aromatic carbocycles. The standard InChI is InChI=1S/C18H20N2O3/c1-13(2)23-16-11-7-6-8-14(16)12-19-17(21)18(22)20-15-9-4-3-5-10-15/h3-11,13H,12H2,1-2H3,(H,19,21)(H,20,22). The van der Waals surface area contributed by atoms with Crippen LogP contribution < -0.4 is 15.4 Å². The molecule has 0 atom stereocenters. The fourth-order valence-corrected chi connectivity index (χ4v) is 1.98. The summed E-state index contributed by atoms with van der Waals surface area (Å²) in [6, 6.07) is 16.3. The number of nitrogens with one attached hydrogen (secondary N) is 2. The lowest BCUT2D eigenvalue weighted by atomic mass is 10.2. The van der Waals surface area contributed by atoms with Gasteiger partial charge in [0.05, 0.1) is 6.10 Å². The molecule has 23 heavy (non-hydrogen) atoms. The molecule has 120 valence electrons. The molecule has 0 aliphatic rings. The second kappa shape index (κ2) is 7.98. The number of ether oxygens (including phenoxy) is 1. The summed E-state index contributed by atoms with van der Waals surface area (Å²) in [6.07, 6.45) is 0.0354. The zero-order valence-corrected chi connectivity index (χ0v) is 13.2. The first-order valence-electron chi connectivity index (χ1n) is 7.45. The Morgan fingerprint density at radius 3 is 2.30 bits per heavy atom. The monoisotopic (exact) mass is 312 g/mol. The quantitative estimate of drug-likeness (QED) is 0.834. The van der Waals surface area contributed by atoms with Crippen LogP contribution in [0.1, 0.15) is 19.4 Å². The molecule has 2 amide bonds. The van der Waals surface area contributed by atoms with Gasteiger partial charge in [-0.1, -0.05) is 36.4 Å². The van der Waals surface area contributed by atoms with Crippen LogP contribution >= 0.6 is 0 Å². The van der Waals surface area contributed by atoms with Crippen molar-refractivity contribution in [3.8, 4) is 5.75 Å². The van der Waals surface area contributed by atoms with Crippen LogP contribution in [0.4, 0.5) is 5.69 Å². The highest BCUT2D eigenvalue weighted by atomic mass is 16.5. The van der Waals surface area contributed by atoms with Crippen molar-refractivity contribution in [3.63, 3.8) is 0 Å². The number of benzene rings is 2. The second-order valence-electron chi connectivity index (χ2n) is 5.28. The van der Waals surface area contributed by atoms with Crippen LogP contribution in [0.15, 0.2) is 54.6 Å². The first-order chi connectivity index (χ1) is 11.1. The SMILES string of the molecule is CC(C)Oc1ccccc1CNC(=O)C(=O)Nc1ccccc1. The van der Waals surface area contributed by atoms with Crippen molar-refractivity contribution >= 4 is 17.5 Å². The molecule has 0 aliphatic heterocycles. The summed E-state index contributed by atoms with van der Waals surface area (Å²) in [5, 5.41) is 5.14. The number of carbonyl (C=O) groups excluding carboxylic acids is 2. The zero-order valence-electron chi connectivity index (χ0n) is 13.2. The highest BCUT2D eigenvalue weighted by Crippen LogP contribution is 2.19. The first-order valence-corrected chi connectivity index (χ1v) is 7.45. The predicted molar refractivity (Wildman–Crippen MR) is 89.1 cm³/mol. The molecule has 0 saturated carbocycles. The third-order valence-electron chi connectivity index (χ3n) is 3.01. The Hall–Kier alpha value is -2.82. The topological polar surface area (TPSA) is 67.4 Å². The van der Waals surface area contributed by atoms with Gasteiger partial charge in [-0.3, -0.25) is 9.59 Å². The Balaban J connectivity index is 1.93. The lowest BCUT2D eigenvalue weighted by Gasteiger charge is -2.14. The van der Waals surface area contributed by atoms with E-state index < -0.39 is 11.8 Å². The van der Waals surface area contributed by atoms with Crippen LogP contribution in [0.5, 0.6) is 5.75 Å². The average Bonchev–Trinajstić information content (AvgIpc) is 2.54. The maximum Gasteiger partial charge on any atom is 0.313 e. The lowest BCUT2D eigenvalue weighted by molar-refractivity contribution is -0.136. The van der Waals surface area contributed by atoms with Crippen molar-refractivity contribution in [1.29, 1.82) is 0 Å². The van der Waals surface area contributed by atoms with Gasteiger partial charge >= 0.3 is 11.8 Å². The minimum Gasteiger partial charge on any atom is -0.491 e. The summed E-state index contributed by atoms with van der Waals surface area (Å²) in [5.74, 6) is -0.682. The van der Waals surface area contributed by atoms with E-state index in [4.69, 9.17) is 4.74 Å². The van der Waals surface area contributed by atoms with Crippen molar-refractivity contribution in [2.24, 2.45) is 0 Å². The zero-order chi connectivity index (χ0) is 16.7. The van der Waals surface area contributed by atoms with Crippen LogP contribution in [0, 0.1) is 0 Å². The van der Waals surface area contributed by atoms with E-state index in [0.717, 1.165) is 5.56 Å². The van der Waals surface area contributed by atoms with E-state index in [1.165, 1.54) is 0 Å². The van der Waals surface area contributed by atoms with Gasteiger partial charge in [-0.2, -0.15) is 0 Å². The Kier molecular flexibility index (Phi) is 5.74. The van der Waals surface area contributed by atoms with E-state index in [9.17, 15) is 9.59 Å². The first kappa shape index (κ1) is 16.5. The molecule has 0 spiro atoms. The summed E-state index contributed by atoms with van der Waals surface area (Å²) >= 11 is 0. The van der Waals surface area contributed by atoms with Gasteiger partial charge in [0.25, 0.3) is 0 Å². The number of hydrogen-bond donors (Lipinski definition) is 2. The fraction of sp³-hybridized carbons (Fsp3) is 0.222. The number of anilines is 1. The number of hydrogen-bond acceptors (Lipinski definition) is 3. The van der Waals surface area contributed by atoms with E-state index >= 15 is 0 Å². The summed E-state index contributed by atoms with van der Waals surface area (Å²) in [7, 11) is 0. The lowest BCUT2D eigenvalue weighted by Crippen LogP contribution is -2.35. The van der Waals surface area contributed by atoms with Gasteiger partial charge in [0.1, 0.15) is 5.75 Å². The molecule has 0 bridgehead atoms. The molecule has 0 unspecified atom stereocenters. The summed E-state index contributed by atoms with van der Waals surface area (Å²) < 4.78 is 5.68. The normalized spacial score (nSPS) is 10.2. The Morgan fingerprint density at radius 2 is 1.61 bits per heavy atom. The largest absolute Gasteiger partial charge is 0.491 e.